The van der Waals surface area contributed by atoms with Crippen LogP contribution in [0.1, 0.15) is 21.5 Å². The highest BCUT2D eigenvalue weighted by atomic mass is 19.1. The average molecular weight is 292 g/mol. The van der Waals surface area contributed by atoms with Gasteiger partial charge in [0.1, 0.15) is 17.4 Å². The van der Waals surface area contributed by atoms with E-state index in [0.29, 0.717) is 11.1 Å². The van der Waals surface area contributed by atoms with Gasteiger partial charge in [0.2, 0.25) is 0 Å². The lowest BCUT2D eigenvalue weighted by Gasteiger charge is -2.08. The predicted octanol–water partition coefficient (Wildman–Crippen LogP) is 2.06. The smallest absolute Gasteiger partial charge is 0.255 e. The summed E-state index contributed by atoms with van der Waals surface area (Å²) in [5, 5.41) is 12.0. The number of benzene rings is 2. The van der Waals surface area contributed by atoms with E-state index in [9.17, 15) is 18.7 Å². The van der Waals surface area contributed by atoms with Crippen LogP contribution in [0, 0.1) is 11.6 Å². The summed E-state index contributed by atoms with van der Waals surface area (Å²) in [4.78, 5) is 11.8. The maximum atomic E-state index is 13.7. The number of nitrogens with one attached hydrogen (secondary N) is 1. The highest BCUT2D eigenvalue weighted by Gasteiger charge is 2.12. The van der Waals surface area contributed by atoms with Gasteiger partial charge in [-0.15, -0.1) is 0 Å². The molecule has 0 spiro atoms. The zero-order valence-electron chi connectivity index (χ0n) is 11.1. The Hall–Kier alpha value is -2.47. The molecule has 0 aliphatic rings. The van der Waals surface area contributed by atoms with E-state index in [2.05, 4.69) is 5.32 Å². The molecule has 2 aromatic carbocycles. The van der Waals surface area contributed by atoms with Gasteiger partial charge in [-0.3, -0.25) is 4.79 Å². The second-order valence-electron chi connectivity index (χ2n) is 4.47. The molecule has 4 N–H and O–H groups in total. The fraction of sp³-hybridized carbons (Fsp3) is 0.133. The topological polar surface area (TPSA) is 75.3 Å². The van der Waals surface area contributed by atoms with Crippen molar-refractivity contribution in [3.05, 3.63) is 64.7 Å². The van der Waals surface area contributed by atoms with Crippen molar-refractivity contribution in [2.45, 2.75) is 13.1 Å². The monoisotopic (exact) mass is 292 g/mol. The molecule has 0 saturated heterocycles. The maximum absolute atomic E-state index is 13.7. The molecule has 0 aliphatic carbocycles. The molecule has 21 heavy (non-hydrogen) atoms. The second kappa shape index (κ2) is 6.32. The molecule has 1 amide bonds. The lowest BCUT2D eigenvalue weighted by molar-refractivity contribution is 0.0948. The van der Waals surface area contributed by atoms with Gasteiger partial charge in [-0.1, -0.05) is 12.1 Å². The summed E-state index contributed by atoms with van der Waals surface area (Å²) < 4.78 is 26.6. The average Bonchev–Trinajstić information content (AvgIpc) is 2.45. The van der Waals surface area contributed by atoms with Gasteiger partial charge in [-0.05, 0) is 23.8 Å². The third-order valence-corrected chi connectivity index (χ3v) is 3.00. The number of phenolic OH excluding ortho intramolecular Hbond substituents is 1. The zero-order valence-corrected chi connectivity index (χ0v) is 11.1. The van der Waals surface area contributed by atoms with Gasteiger partial charge in [-0.25, -0.2) is 8.78 Å². The SMILES string of the molecule is NCc1ccc(CNC(=O)c2ccc(F)cc2O)c(F)c1. The first-order valence-corrected chi connectivity index (χ1v) is 6.25. The number of nitrogens with two attached hydrogens (primary N) is 1. The zero-order chi connectivity index (χ0) is 15.4. The van der Waals surface area contributed by atoms with Gasteiger partial charge in [0.25, 0.3) is 5.91 Å². The van der Waals surface area contributed by atoms with Crippen molar-refractivity contribution >= 4 is 5.91 Å². The Labute approximate surface area is 120 Å². The van der Waals surface area contributed by atoms with Crippen molar-refractivity contribution in [2.24, 2.45) is 5.73 Å². The molecule has 0 heterocycles. The Kier molecular flexibility index (Phi) is 4.49. The molecule has 0 saturated carbocycles. The van der Waals surface area contributed by atoms with Crippen LogP contribution in [0.2, 0.25) is 0 Å². The summed E-state index contributed by atoms with van der Waals surface area (Å²) in [5.74, 6) is -2.20. The van der Waals surface area contributed by atoms with Gasteiger partial charge in [0.15, 0.2) is 0 Å². The number of rotatable bonds is 4. The lowest BCUT2D eigenvalue weighted by Crippen LogP contribution is -2.23. The fourth-order valence-electron chi connectivity index (χ4n) is 1.83. The molecule has 2 aromatic rings. The summed E-state index contributed by atoms with van der Waals surface area (Å²) in [6, 6.07) is 7.56. The summed E-state index contributed by atoms with van der Waals surface area (Å²) in [7, 11) is 0. The first-order chi connectivity index (χ1) is 10.0. The lowest BCUT2D eigenvalue weighted by atomic mass is 10.1. The molecule has 6 heteroatoms. The molecule has 2 rings (SSSR count). The van der Waals surface area contributed by atoms with E-state index >= 15 is 0 Å². The van der Waals surface area contributed by atoms with Gasteiger partial charge in [0.05, 0.1) is 5.56 Å². The van der Waals surface area contributed by atoms with Crippen molar-refractivity contribution in [2.75, 3.05) is 0 Å². The van der Waals surface area contributed by atoms with Crippen LogP contribution in [0.4, 0.5) is 8.78 Å². The quantitative estimate of drug-likeness (QED) is 0.807. The first-order valence-electron chi connectivity index (χ1n) is 6.25. The Morgan fingerprint density at radius 1 is 1.19 bits per heavy atom. The van der Waals surface area contributed by atoms with E-state index in [0.717, 1.165) is 18.2 Å². The van der Waals surface area contributed by atoms with Crippen molar-refractivity contribution < 1.29 is 18.7 Å². The number of carbonyl (C=O) groups is 1. The van der Waals surface area contributed by atoms with E-state index in [1.165, 1.54) is 12.1 Å². The molecular weight excluding hydrogens is 278 g/mol. The summed E-state index contributed by atoms with van der Waals surface area (Å²) >= 11 is 0. The highest BCUT2D eigenvalue weighted by molar-refractivity contribution is 5.96. The van der Waals surface area contributed by atoms with E-state index in [4.69, 9.17) is 5.73 Å². The largest absolute Gasteiger partial charge is 0.507 e. The molecular formula is C15H14F2N2O2. The van der Waals surface area contributed by atoms with E-state index < -0.39 is 23.3 Å². The van der Waals surface area contributed by atoms with Crippen LogP contribution in [0.25, 0.3) is 0 Å². The number of halogens is 2. The number of hydrogen-bond donors (Lipinski definition) is 3. The molecule has 0 radical (unpaired) electrons. The van der Waals surface area contributed by atoms with Gasteiger partial charge in [0, 0.05) is 24.7 Å². The standard InChI is InChI=1S/C15H14F2N2O2/c16-11-3-4-12(14(20)6-11)15(21)19-8-10-2-1-9(7-18)5-13(10)17/h1-6,20H,7-8,18H2,(H,19,21). The van der Waals surface area contributed by atoms with Crippen molar-refractivity contribution in [1.29, 1.82) is 0 Å². The Bertz CT molecular complexity index is 675. The number of amides is 1. The van der Waals surface area contributed by atoms with Crippen molar-refractivity contribution in [3.63, 3.8) is 0 Å². The Morgan fingerprint density at radius 2 is 1.95 bits per heavy atom. The molecule has 110 valence electrons. The van der Waals surface area contributed by atoms with Crippen LogP contribution in [-0.4, -0.2) is 11.0 Å². The number of hydrogen-bond acceptors (Lipinski definition) is 3. The molecule has 0 fully saturated rings. The summed E-state index contributed by atoms with van der Waals surface area (Å²) in [6.45, 7) is 0.180. The molecule has 4 nitrogen and oxygen atoms in total. The van der Waals surface area contributed by atoms with Crippen LogP contribution >= 0.6 is 0 Å². The number of carbonyl (C=O) groups excluding carboxylic acids is 1. The van der Waals surface area contributed by atoms with Crippen LogP contribution in [-0.2, 0) is 13.1 Å². The van der Waals surface area contributed by atoms with E-state index in [1.54, 1.807) is 6.07 Å². The molecule has 0 bridgehead atoms. The molecule has 0 aromatic heterocycles. The minimum Gasteiger partial charge on any atom is -0.507 e. The number of phenols is 1. The molecule has 0 unspecified atom stereocenters. The maximum Gasteiger partial charge on any atom is 0.255 e. The summed E-state index contributed by atoms with van der Waals surface area (Å²) in [5.41, 5.74) is 6.27. The molecule has 0 aliphatic heterocycles. The highest BCUT2D eigenvalue weighted by Crippen LogP contribution is 2.18. The second-order valence-corrected chi connectivity index (χ2v) is 4.47. The minimum absolute atomic E-state index is 0.0493. The van der Waals surface area contributed by atoms with Crippen LogP contribution in [0.3, 0.4) is 0 Å². The van der Waals surface area contributed by atoms with Gasteiger partial charge in [-0.2, -0.15) is 0 Å². The Morgan fingerprint density at radius 3 is 2.57 bits per heavy atom. The van der Waals surface area contributed by atoms with Crippen LogP contribution in [0.15, 0.2) is 36.4 Å². The molecule has 0 atom stereocenters. The van der Waals surface area contributed by atoms with Gasteiger partial charge >= 0.3 is 0 Å². The predicted molar refractivity (Wildman–Crippen MR) is 73.5 cm³/mol. The third kappa shape index (κ3) is 3.55. The third-order valence-electron chi connectivity index (χ3n) is 3.00. The minimum atomic E-state index is -0.646. The van der Waals surface area contributed by atoms with Crippen LogP contribution < -0.4 is 11.1 Å². The van der Waals surface area contributed by atoms with Gasteiger partial charge < -0.3 is 16.2 Å². The van der Waals surface area contributed by atoms with E-state index in [1.807, 2.05) is 0 Å². The van der Waals surface area contributed by atoms with Crippen molar-refractivity contribution in [3.8, 4) is 5.75 Å². The Balaban J connectivity index is 2.07. The summed E-state index contributed by atoms with van der Waals surface area (Å²) in [6.07, 6.45) is 0. The number of aromatic hydroxyl groups is 1. The van der Waals surface area contributed by atoms with E-state index in [-0.39, 0.29) is 18.7 Å². The fourth-order valence-corrected chi connectivity index (χ4v) is 1.83. The first kappa shape index (κ1) is 14.9. The van der Waals surface area contributed by atoms with Crippen molar-refractivity contribution in [1.82, 2.24) is 5.32 Å². The normalized spacial score (nSPS) is 10.4. The van der Waals surface area contributed by atoms with Crippen LogP contribution in [0.5, 0.6) is 5.75 Å².